The molecule has 0 aromatic heterocycles. The number of hydrogen-bond acceptors (Lipinski definition) is 2. The molecule has 0 aliphatic heterocycles. The van der Waals surface area contributed by atoms with Gasteiger partial charge in [-0.15, -0.1) is 0 Å². The van der Waals surface area contributed by atoms with Crippen molar-refractivity contribution in [3.05, 3.63) is 56.5 Å². The van der Waals surface area contributed by atoms with E-state index in [0.717, 1.165) is 0 Å². The van der Waals surface area contributed by atoms with Crippen LogP contribution in [-0.4, -0.2) is 6.79 Å². The third kappa shape index (κ3) is 4.08. The molecular formula is C13H8Cl4O2. The summed E-state index contributed by atoms with van der Waals surface area (Å²) in [7, 11) is 0. The number of rotatable bonds is 4. The van der Waals surface area contributed by atoms with Gasteiger partial charge in [0.1, 0.15) is 11.5 Å². The molecule has 0 N–H and O–H groups in total. The zero-order chi connectivity index (χ0) is 13.8. The summed E-state index contributed by atoms with van der Waals surface area (Å²) in [5.41, 5.74) is 0. The van der Waals surface area contributed by atoms with E-state index in [2.05, 4.69) is 0 Å². The van der Waals surface area contributed by atoms with Crippen molar-refractivity contribution in [2.45, 2.75) is 0 Å². The standard InChI is InChI=1S/C13H8Cl4O2/c14-8-1-3-12(10(16)5-8)18-7-19-13-4-2-9(15)6-11(13)17/h1-6H,7H2. The Hall–Kier alpha value is -0.800. The van der Waals surface area contributed by atoms with Crippen LogP contribution in [0.5, 0.6) is 11.5 Å². The Bertz CT molecular complexity index is 535. The highest BCUT2D eigenvalue weighted by molar-refractivity contribution is 6.36. The molecule has 2 aromatic rings. The average molecular weight is 338 g/mol. The Balaban J connectivity index is 1.96. The molecule has 0 radical (unpaired) electrons. The normalized spacial score (nSPS) is 10.3. The first kappa shape index (κ1) is 14.6. The first-order valence-electron chi connectivity index (χ1n) is 5.22. The largest absolute Gasteiger partial charge is 0.456 e. The van der Waals surface area contributed by atoms with Crippen LogP contribution < -0.4 is 9.47 Å². The van der Waals surface area contributed by atoms with Gasteiger partial charge in [-0.3, -0.25) is 0 Å². The fourth-order valence-corrected chi connectivity index (χ4v) is 2.27. The molecule has 0 heterocycles. The van der Waals surface area contributed by atoms with E-state index in [9.17, 15) is 0 Å². The fourth-order valence-electron chi connectivity index (χ4n) is 1.34. The minimum atomic E-state index is -0.0251. The molecule has 0 bridgehead atoms. The molecule has 6 heteroatoms. The lowest BCUT2D eigenvalue weighted by Crippen LogP contribution is -2.06. The van der Waals surface area contributed by atoms with Crippen molar-refractivity contribution in [3.8, 4) is 11.5 Å². The van der Waals surface area contributed by atoms with Crippen LogP contribution in [-0.2, 0) is 0 Å². The summed E-state index contributed by atoms with van der Waals surface area (Å²) in [6.45, 7) is -0.0251. The second kappa shape index (κ2) is 6.58. The lowest BCUT2D eigenvalue weighted by atomic mass is 10.3. The molecule has 19 heavy (non-hydrogen) atoms. The van der Waals surface area contributed by atoms with Gasteiger partial charge in [-0.2, -0.15) is 0 Å². The first-order valence-corrected chi connectivity index (χ1v) is 6.73. The Morgan fingerprint density at radius 3 is 1.47 bits per heavy atom. The van der Waals surface area contributed by atoms with E-state index >= 15 is 0 Å². The maximum absolute atomic E-state index is 5.95. The molecule has 0 fully saturated rings. The smallest absolute Gasteiger partial charge is 0.231 e. The van der Waals surface area contributed by atoms with Crippen molar-refractivity contribution >= 4 is 46.4 Å². The highest BCUT2D eigenvalue weighted by atomic mass is 35.5. The number of ether oxygens (including phenoxy) is 2. The SMILES string of the molecule is Clc1ccc(OCOc2ccc(Cl)cc2Cl)c(Cl)c1. The highest BCUT2D eigenvalue weighted by Gasteiger charge is 2.05. The van der Waals surface area contributed by atoms with Crippen LogP contribution in [0.25, 0.3) is 0 Å². The highest BCUT2D eigenvalue weighted by Crippen LogP contribution is 2.29. The van der Waals surface area contributed by atoms with E-state index < -0.39 is 0 Å². The van der Waals surface area contributed by atoms with Crippen molar-refractivity contribution in [1.29, 1.82) is 0 Å². The number of hydrogen-bond donors (Lipinski definition) is 0. The first-order chi connectivity index (χ1) is 9.06. The summed E-state index contributed by atoms with van der Waals surface area (Å²) in [6, 6.07) is 9.87. The van der Waals surface area contributed by atoms with Gasteiger partial charge in [-0.05, 0) is 36.4 Å². The van der Waals surface area contributed by atoms with Gasteiger partial charge in [-0.25, -0.2) is 0 Å². The van der Waals surface area contributed by atoms with Crippen LogP contribution in [0.15, 0.2) is 36.4 Å². The van der Waals surface area contributed by atoms with Gasteiger partial charge < -0.3 is 9.47 Å². The molecule has 2 rings (SSSR count). The molecule has 0 spiro atoms. The molecule has 0 aliphatic rings. The molecule has 2 nitrogen and oxygen atoms in total. The van der Waals surface area contributed by atoms with Crippen LogP contribution in [0.2, 0.25) is 20.1 Å². The number of benzene rings is 2. The minimum Gasteiger partial charge on any atom is -0.456 e. The average Bonchev–Trinajstić information content (AvgIpc) is 2.34. The summed E-state index contributed by atoms with van der Waals surface area (Å²) in [6.07, 6.45) is 0. The summed E-state index contributed by atoms with van der Waals surface area (Å²) >= 11 is 23.5. The van der Waals surface area contributed by atoms with Crippen molar-refractivity contribution in [1.82, 2.24) is 0 Å². The van der Waals surface area contributed by atoms with Gasteiger partial charge >= 0.3 is 0 Å². The second-order valence-corrected chi connectivity index (χ2v) is 5.24. The molecule has 0 saturated carbocycles. The molecule has 0 unspecified atom stereocenters. The predicted octanol–water partition coefficient (Wildman–Crippen LogP) is 5.72. The van der Waals surface area contributed by atoms with Gasteiger partial charge in [0.05, 0.1) is 10.0 Å². The van der Waals surface area contributed by atoms with Gasteiger partial charge in [0.15, 0.2) is 0 Å². The Labute approximate surface area is 130 Å². The second-order valence-electron chi connectivity index (χ2n) is 3.56. The van der Waals surface area contributed by atoms with E-state index in [1.54, 1.807) is 36.4 Å². The maximum atomic E-state index is 5.95. The molecule has 0 atom stereocenters. The zero-order valence-corrected chi connectivity index (χ0v) is 12.5. The summed E-state index contributed by atoms with van der Waals surface area (Å²) in [5.74, 6) is 0.965. The van der Waals surface area contributed by atoms with E-state index in [4.69, 9.17) is 55.9 Å². The van der Waals surface area contributed by atoms with E-state index in [0.29, 0.717) is 31.6 Å². The third-order valence-electron chi connectivity index (χ3n) is 2.22. The van der Waals surface area contributed by atoms with Crippen LogP contribution in [0, 0.1) is 0 Å². The Morgan fingerprint density at radius 1 is 0.684 bits per heavy atom. The van der Waals surface area contributed by atoms with Gasteiger partial charge in [0.2, 0.25) is 6.79 Å². The topological polar surface area (TPSA) is 18.5 Å². The lowest BCUT2D eigenvalue weighted by Gasteiger charge is -2.11. The quantitative estimate of drug-likeness (QED) is 0.664. The van der Waals surface area contributed by atoms with Crippen molar-refractivity contribution in [2.75, 3.05) is 6.79 Å². The van der Waals surface area contributed by atoms with Crippen molar-refractivity contribution in [2.24, 2.45) is 0 Å². The summed E-state index contributed by atoms with van der Waals surface area (Å²) in [4.78, 5) is 0. The van der Waals surface area contributed by atoms with Crippen molar-refractivity contribution in [3.63, 3.8) is 0 Å². The summed E-state index contributed by atoms with van der Waals surface area (Å²) in [5, 5.41) is 1.91. The predicted molar refractivity (Wildman–Crippen MR) is 79.0 cm³/mol. The van der Waals surface area contributed by atoms with Crippen LogP contribution in [0.4, 0.5) is 0 Å². The monoisotopic (exact) mass is 336 g/mol. The van der Waals surface area contributed by atoms with Crippen LogP contribution in [0.1, 0.15) is 0 Å². The molecule has 100 valence electrons. The molecule has 2 aromatic carbocycles. The molecular weight excluding hydrogens is 330 g/mol. The molecule has 0 aliphatic carbocycles. The van der Waals surface area contributed by atoms with Gasteiger partial charge in [-0.1, -0.05) is 46.4 Å². The van der Waals surface area contributed by atoms with Crippen molar-refractivity contribution < 1.29 is 9.47 Å². The third-order valence-corrected chi connectivity index (χ3v) is 3.28. The Kier molecular flexibility index (Phi) is 5.06. The van der Waals surface area contributed by atoms with Crippen LogP contribution >= 0.6 is 46.4 Å². The lowest BCUT2D eigenvalue weighted by molar-refractivity contribution is 0.120. The fraction of sp³-hybridized carbons (Fsp3) is 0.0769. The van der Waals surface area contributed by atoms with E-state index in [1.165, 1.54) is 0 Å². The molecule has 0 amide bonds. The molecule has 0 saturated heterocycles. The maximum Gasteiger partial charge on any atom is 0.231 e. The number of halogens is 4. The zero-order valence-electron chi connectivity index (χ0n) is 9.50. The van der Waals surface area contributed by atoms with Gasteiger partial charge in [0.25, 0.3) is 0 Å². The summed E-state index contributed by atoms with van der Waals surface area (Å²) < 4.78 is 10.8. The van der Waals surface area contributed by atoms with Crippen LogP contribution in [0.3, 0.4) is 0 Å². The van der Waals surface area contributed by atoms with Gasteiger partial charge in [0, 0.05) is 10.0 Å². The minimum absolute atomic E-state index is 0.0251. The van der Waals surface area contributed by atoms with E-state index in [1.807, 2.05) is 0 Å². The Morgan fingerprint density at radius 2 is 1.11 bits per heavy atom. The van der Waals surface area contributed by atoms with E-state index in [-0.39, 0.29) is 6.79 Å².